The first kappa shape index (κ1) is 16.5. The van der Waals surface area contributed by atoms with Crippen molar-refractivity contribution in [2.75, 3.05) is 33.7 Å². The van der Waals surface area contributed by atoms with Gasteiger partial charge in [-0.2, -0.15) is 0 Å². The van der Waals surface area contributed by atoms with Crippen LogP contribution in [0.3, 0.4) is 0 Å². The Bertz CT molecular complexity index is 667. The highest BCUT2D eigenvalue weighted by atomic mass is 16.3. The fourth-order valence-corrected chi connectivity index (χ4v) is 3.48. The quantitative estimate of drug-likeness (QED) is 0.818. The Morgan fingerprint density at radius 2 is 2.04 bits per heavy atom. The summed E-state index contributed by atoms with van der Waals surface area (Å²) in [6.07, 6.45) is 3.10. The molecule has 4 rings (SSSR count). The van der Waals surface area contributed by atoms with E-state index in [-0.39, 0.29) is 36.2 Å². The molecule has 0 N–H and O–H groups in total. The van der Waals surface area contributed by atoms with Crippen molar-refractivity contribution < 1.29 is 18.8 Å². The summed E-state index contributed by atoms with van der Waals surface area (Å²) >= 11 is 0. The monoisotopic (exact) mass is 333 g/mol. The molecule has 0 saturated carbocycles. The van der Waals surface area contributed by atoms with Crippen molar-refractivity contribution in [2.24, 2.45) is 5.92 Å². The van der Waals surface area contributed by atoms with Gasteiger partial charge in [-0.1, -0.05) is 0 Å². The molecule has 3 aliphatic heterocycles. The number of hydrogen-bond acceptors (Lipinski definition) is 4. The predicted octanol–water partition coefficient (Wildman–Crippen LogP) is 0.739. The number of amides is 3. The number of furan rings is 1. The summed E-state index contributed by atoms with van der Waals surface area (Å²) in [5.74, 6) is 0.143. The van der Waals surface area contributed by atoms with E-state index in [9.17, 15) is 14.4 Å². The van der Waals surface area contributed by atoms with E-state index in [1.807, 2.05) is 0 Å². The summed E-state index contributed by atoms with van der Waals surface area (Å²) in [7, 11) is 3.36. The van der Waals surface area contributed by atoms with Crippen LogP contribution in [-0.2, 0) is 9.59 Å². The minimum absolute atomic E-state index is 0.0133. The molecule has 1 aromatic heterocycles. The summed E-state index contributed by atoms with van der Waals surface area (Å²) in [5, 5.41) is 0. The summed E-state index contributed by atoms with van der Waals surface area (Å²) in [4.78, 5) is 42.4. The first-order valence-electron chi connectivity index (χ1n) is 8.22. The molecule has 0 unspecified atom stereocenters. The molecule has 0 aromatic carbocycles. The van der Waals surface area contributed by atoms with E-state index in [2.05, 4.69) is 0 Å². The first-order valence-corrected chi connectivity index (χ1v) is 8.22. The third-order valence-corrected chi connectivity index (χ3v) is 4.97. The van der Waals surface area contributed by atoms with Crippen molar-refractivity contribution >= 4 is 17.7 Å². The van der Waals surface area contributed by atoms with Crippen LogP contribution in [0, 0.1) is 12.8 Å². The lowest BCUT2D eigenvalue weighted by Crippen LogP contribution is -2.51. The number of likely N-dealkylation sites (N-methyl/N-ethyl adjacent to an activating group) is 1. The minimum atomic E-state index is -0.227. The van der Waals surface area contributed by atoms with Gasteiger partial charge in [0.2, 0.25) is 11.8 Å². The van der Waals surface area contributed by atoms with Crippen LogP contribution in [-0.4, -0.2) is 72.2 Å². The van der Waals surface area contributed by atoms with Gasteiger partial charge in [-0.25, -0.2) is 0 Å². The number of carbonyl (C=O) groups is 3. The Morgan fingerprint density at radius 1 is 1.29 bits per heavy atom. The third-order valence-electron chi connectivity index (χ3n) is 4.97. The Balaban J connectivity index is 1.80. The number of piperidine rings is 1. The van der Waals surface area contributed by atoms with Gasteiger partial charge < -0.3 is 19.1 Å². The number of carbonyl (C=O) groups excluding carboxylic acids is 3. The van der Waals surface area contributed by atoms with Crippen LogP contribution >= 0.6 is 0 Å². The molecule has 3 saturated heterocycles. The number of rotatable bonds is 3. The van der Waals surface area contributed by atoms with Crippen LogP contribution in [0.1, 0.15) is 29.0 Å². The van der Waals surface area contributed by atoms with Crippen molar-refractivity contribution in [1.82, 2.24) is 14.7 Å². The van der Waals surface area contributed by atoms with Gasteiger partial charge in [0.1, 0.15) is 12.3 Å². The number of fused-ring (bicyclic) bond motifs is 4. The molecule has 3 amide bonds. The summed E-state index contributed by atoms with van der Waals surface area (Å²) in [6, 6.07) is 1.57. The molecular formula is C17H23N3O4. The smallest absolute Gasteiger partial charge is 0.257 e. The lowest BCUT2D eigenvalue weighted by Gasteiger charge is -2.35. The van der Waals surface area contributed by atoms with E-state index in [0.29, 0.717) is 24.4 Å². The lowest BCUT2D eigenvalue weighted by molar-refractivity contribution is -0.145. The lowest BCUT2D eigenvalue weighted by atomic mass is 9.94. The Morgan fingerprint density at radius 3 is 2.67 bits per heavy atom. The van der Waals surface area contributed by atoms with Crippen molar-refractivity contribution in [3.63, 3.8) is 0 Å². The van der Waals surface area contributed by atoms with Gasteiger partial charge in [-0.05, 0) is 25.8 Å². The van der Waals surface area contributed by atoms with Crippen molar-refractivity contribution in [2.45, 2.75) is 25.8 Å². The van der Waals surface area contributed by atoms with E-state index in [0.717, 1.165) is 12.8 Å². The molecule has 1 aromatic rings. The van der Waals surface area contributed by atoms with Crippen LogP contribution in [0.15, 0.2) is 16.7 Å². The molecule has 0 radical (unpaired) electrons. The Labute approximate surface area is 141 Å². The molecule has 4 heterocycles. The van der Waals surface area contributed by atoms with Gasteiger partial charge in [0.15, 0.2) is 0 Å². The molecule has 0 spiro atoms. The maximum atomic E-state index is 12.8. The molecule has 2 bridgehead atoms. The fraction of sp³-hybridized carbons (Fsp3) is 0.588. The van der Waals surface area contributed by atoms with Gasteiger partial charge in [0.25, 0.3) is 5.91 Å². The second kappa shape index (κ2) is 6.30. The van der Waals surface area contributed by atoms with Gasteiger partial charge in [0, 0.05) is 33.2 Å². The molecule has 7 heteroatoms. The van der Waals surface area contributed by atoms with Crippen molar-refractivity contribution in [3.8, 4) is 0 Å². The maximum absolute atomic E-state index is 12.8. The van der Waals surface area contributed by atoms with Crippen molar-refractivity contribution in [1.29, 1.82) is 0 Å². The molecular weight excluding hydrogens is 310 g/mol. The zero-order chi connectivity index (χ0) is 17.4. The second-order valence-electron chi connectivity index (χ2n) is 6.78. The van der Waals surface area contributed by atoms with Crippen LogP contribution in [0.5, 0.6) is 0 Å². The van der Waals surface area contributed by atoms with Crippen LogP contribution in [0.25, 0.3) is 0 Å². The van der Waals surface area contributed by atoms with Crippen molar-refractivity contribution in [3.05, 3.63) is 23.7 Å². The molecule has 3 fully saturated rings. The van der Waals surface area contributed by atoms with E-state index in [1.54, 1.807) is 36.9 Å². The summed E-state index contributed by atoms with van der Waals surface area (Å²) in [5.41, 5.74) is 0.541. The van der Waals surface area contributed by atoms with Gasteiger partial charge >= 0.3 is 0 Å². The fourth-order valence-electron chi connectivity index (χ4n) is 3.48. The Hall–Kier alpha value is -2.31. The third kappa shape index (κ3) is 2.90. The second-order valence-corrected chi connectivity index (χ2v) is 6.78. The van der Waals surface area contributed by atoms with E-state index < -0.39 is 0 Å². The molecule has 2 atom stereocenters. The van der Waals surface area contributed by atoms with Gasteiger partial charge in [0.05, 0.1) is 17.7 Å². The molecule has 7 nitrogen and oxygen atoms in total. The van der Waals surface area contributed by atoms with Gasteiger partial charge in [-0.3, -0.25) is 14.4 Å². The highest BCUT2D eigenvalue weighted by Crippen LogP contribution is 2.30. The largest absolute Gasteiger partial charge is 0.469 e. The number of nitrogens with zero attached hydrogens (tertiary/aromatic N) is 3. The topological polar surface area (TPSA) is 74.1 Å². The molecule has 130 valence electrons. The predicted molar refractivity (Wildman–Crippen MR) is 86.3 cm³/mol. The minimum Gasteiger partial charge on any atom is -0.469 e. The maximum Gasteiger partial charge on any atom is 0.257 e. The molecule has 3 aliphatic rings. The highest BCUT2D eigenvalue weighted by Gasteiger charge is 2.43. The normalized spacial score (nSPS) is 23.4. The zero-order valence-electron chi connectivity index (χ0n) is 14.3. The van der Waals surface area contributed by atoms with E-state index >= 15 is 0 Å². The van der Waals surface area contributed by atoms with Crippen LogP contribution in [0.4, 0.5) is 0 Å². The van der Waals surface area contributed by atoms with E-state index in [1.165, 1.54) is 11.2 Å². The SMILES string of the molecule is Cc1occc1C(=O)N1C[C@@H]2CC[C@H](C1)N(CC(=O)N(C)C)C2=O. The molecule has 0 aliphatic carbocycles. The Kier molecular flexibility index (Phi) is 4.34. The average molecular weight is 333 g/mol. The summed E-state index contributed by atoms with van der Waals surface area (Å²) < 4.78 is 5.22. The number of aryl methyl sites for hydroxylation is 1. The average Bonchev–Trinajstić information content (AvgIpc) is 2.79. The standard InChI is InChI=1S/C17H23N3O4/c1-11-14(6-7-24-11)17(23)19-8-12-4-5-13(9-19)20(16(12)22)10-15(21)18(2)3/h6-7,12-13H,4-5,8-10H2,1-3H3/t12-,13+/m0/s1. The zero-order valence-corrected chi connectivity index (χ0v) is 14.3. The first-order chi connectivity index (χ1) is 11.4. The van der Waals surface area contributed by atoms with E-state index in [4.69, 9.17) is 4.42 Å². The molecule has 24 heavy (non-hydrogen) atoms. The highest BCUT2D eigenvalue weighted by molar-refractivity contribution is 5.96. The van der Waals surface area contributed by atoms with Crippen LogP contribution < -0.4 is 0 Å². The summed E-state index contributed by atoms with van der Waals surface area (Å²) in [6.45, 7) is 2.71. The number of hydrogen-bond donors (Lipinski definition) is 0. The van der Waals surface area contributed by atoms with Gasteiger partial charge in [-0.15, -0.1) is 0 Å². The van der Waals surface area contributed by atoms with Crippen LogP contribution in [0.2, 0.25) is 0 Å².